The largest absolute Gasteiger partial charge is 0.469 e. The Morgan fingerprint density at radius 2 is 2.19 bits per heavy atom. The van der Waals surface area contributed by atoms with Crippen LogP contribution in [-0.4, -0.2) is 55.6 Å². The van der Waals surface area contributed by atoms with Crippen molar-refractivity contribution in [1.82, 2.24) is 9.80 Å². The summed E-state index contributed by atoms with van der Waals surface area (Å²) in [6.07, 6.45) is 1.68. The van der Waals surface area contributed by atoms with E-state index in [9.17, 15) is 9.59 Å². The molecule has 1 aliphatic heterocycles. The molecule has 92 valence electrons. The number of methoxy groups -OCH3 is 1. The zero-order valence-corrected chi connectivity index (χ0v) is 10.2. The number of carbonyl (C=O) groups is 2. The van der Waals surface area contributed by atoms with Crippen LogP contribution in [0.4, 0.5) is 4.79 Å². The van der Waals surface area contributed by atoms with Crippen LogP contribution >= 0.6 is 0 Å². The van der Waals surface area contributed by atoms with Crippen molar-refractivity contribution >= 4 is 12.0 Å². The smallest absolute Gasteiger partial charge is 0.319 e. The predicted octanol–water partition coefficient (Wildman–Crippen LogP) is 0.943. The lowest BCUT2D eigenvalue weighted by Crippen LogP contribution is -2.47. The molecule has 0 N–H and O–H groups in total. The van der Waals surface area contributed by atoms with E-state index in [2.05, 4.69) is 0 Å². The van der Waals surface area contributed by atoms with Gasteiger partial charge < -0.3 is 14.5 Å². The summed E-state index contributed by atoms with van der Waals surface area (Å²) >= 11 is 0. The number of esters is 1. The quantitative estimate of drug-likeness (QED) is 0.661. The van der Waals surface area contributed by atoms with Crippen LogP contribution in [0.5, 0.6) is 0 Å². The average molecular weight is 228 g/mol. The zero-order valence-electron chi connectivity index (χ0n) is 10.2. The van der Waals surface area contributed by atoms with Crippen molar-refractivity contribution in [3.05, 3.63) is 0 Å². The molecule has 0 aromatic heterocycles. The van der Waals surface area contributed by atoms with Gasteiger partial charge in [-0.15, -0.1) is 0 Å². The van der Waals surface area contributed by atoms with Crippen LogP contribution in [0.15, 0.2) is 0 Å². The molecule has 1 unspecified atom stereocenters. The first kappa shape index (κ1) is 12.8. The molecule has 1 saturated heterocycles. The molecule has 5 nitrogen and oxygen atoms in total. The van der Waals surface area contributed by atoms with Gasteiger partial charge in [0, 0.05) is 26.7 Å². The van der Waals surface area contributed by atoms with Crippen LogP contribution in [0.3, 0.4) is 0 Å². The first-order valence-electron chi connectivity index (χ1n) is 5.68. The predicted molar refractivity (Wildman–Crippen MR) is 60.0 cm³/mol. The van der Waals surface area contributed by atoms with Crippen LogP contribution in [0.2, 0.25) is 0 Å². The number of nitrogens with zero attached hydrogens (tertiary/aromatic N) is 2. The lowest BCUT2D eigenvalue weighted by Gasteiger charge is -2.33. The second kappa shape index (κ2) is 5.72. The summed E-state index contributed by atoms with van der Waals surface area (Å²) < 4.78 is 4.71. The Balaban J connectivity index is 2.56. The van der Waals surface area contributed by atoms with Gasteiger partial charge in [0.1, 0.15) is 0 Å². The molecular weight excluding hydrogens is 208 g/mol. The number of hydrogen-bond donors (Lipinski definition) is 0. The number of hydrogen-bond acceptors (Lipinski definition) is 3. The van der Waals surface area contributed by atoms with Gasteiger partial charge in [0.15, 0.2) is 0 Å². The highest BCUT2D eigenvalue weighted by Crippen LogP contribution is 2.18. The van der Waals surface area contributed by atoms with Crippen molar-refractivity contribution in [2.75, 3.05) is 33.8 Å². The maximum absolute atomic E-state index is 11.9. The van der Waals surface area contributed by atoms with E-state index in [1.165, 1.54) is 7.11 Å². The van der Waals surface area contributed by atoms with Gasteiger partial charge in [-0.1, -0.05) is 0 Å². The van der Waals surface area contributed by atoms with Gasteiger partial charge in [-0.2, -0.15) is 0 Å². The van der Waals surface area contributed by atoms with Crippen molar-refractivity contribution < 1.29 is 14.3 Å². The van der Waals surface area contributed by atoms with Crippen molar-refractivity contribution in [3.63, 3.8) is 0 Å². The van der Waals surface area contributed by atoms with Crippen molar-refractivity contribution in [2.45, 2.75) is 19.8 Å². The lowest BCUT2D eigenvalue weighted by molar-refractivity contribution is -0.146. The molecule has 1 rings (SSSR count). The van der Waals surface area contributed by atoms with Gasteiger partial charge in [0.25, 0.3) is 0 Å². The number of carbonyl (C=O) groups excluding carboxylic acids is 2. The van der Waals surface area contributed by atoms with Crippen LogP contribution in [0, 0.1) is 5.92 Å². The highest BCUT2D eigenvalue weighted by molar-refractivity contribution is 5.77. The maximum Gasteiger partial charge on any atom is 0.319 e. The van der Waals surface area contributed by atoms with Crippen molar-refractivity contribution in [2.24, 2.45) is 5.92 Å². The number of piperidine rings is 1. The monoisotopic (exact) mass is 228 g/mol. The summed E-state index contributed by atoms with van der Waals surface area (Å²) in [7, 11) is 3.16. The van der Waals surface area contributed by atoms with Crippen molar-refractivity contribution in [1.29, 1.82) is 0 Å². The fourth-order valence-electron chi connectivity index (χ4n) is 1.89. The standard InChI is InChI=1S/C11H20N2O3/c1-4-12(2)11(15)13-7-5-6-9(8-13)10(14)16-3/h9H,4-8H2,1-3H3. The Labute approximate surface area is 96.3 Å². The van der Waals surface area contributed by atoms with Gasteiger partial charge in [0.05, 0.1) is 13.0 Å². The molecule has 0 bridgehead atoms. The molecule has 5 heteroatoms. The molecule has 0 aromatic carbocycles. The van der Waals surface area contributed by atoms with E-state index in [0.29, 0.717) is 13.1 Å². The van der Waals surface area contributed by atoms with E-state index >= 15 is 0 Å². The fourth-order valence-corrected chi connectivity index (χ4v) is 1.89. The van der Waals surface area contributed by atoms with E-state index in [-0.39, 0.29) is 17.9 Å². The van der Waals surface area contributed by atoms with E-state index in [0.717, 1.165) is 19.4 Å². The number of ether oxygens (including phenoxy) is 1. The van der Waals surface area contributed by atoms with Crippen LogP contribution in [0.1, 0.15) is 19.8 Å². The number of amides is 2. The third-order valence-corrected chi connectivity index (χ3v) is 3.03. The molecule has 1 fully saturated rings. The number of likely N-dealkylation sites (tertiary alicyclic amines) is 1. The van der Waals surface area contributed by atoms with Crippen molar-refractivity contribution in [3.8, 4) is 0 Å². The second-order valence-corrected chi connectivity index (χ2v) is 4.11. The van der Waals surface area contributed by atoms with E-state index in [1.54, 1.807) is 16.8 Å². The van der Waals surface area contributed by atoms with Gasteiger partial charge in [-0.25, -0.2) is 4.79 Å². The van der Waals surface area contributed by atoms with Gasteiger partial charge >= 0.3 is 12.0 Å². The Morgan fingerprint density at radius 3 is 2.75 bits per heavy atom. The van der Waals surface area contributed by atoms with Gasteiger partial charge in [-0.3, -0.25) is 4.79 Å². The molecule has 0 aromatic rings. The molecule has 1 aliphatic rings. The van der Waals surface area contributed by atoms with E-state index in [1.807, 2.05) is 6.92 Å². The zero-order chi connectivity index (χ0) is 12.1. The molecule has 16 heavy (non-hydrogen) atoms. The highest BCUT2D eigenvalue weighted by Gasteiger charge is 2.29. The molecular formula is C11H20N2O3. The fraction of sp³-hybridized carbons (Fsp3) is 0.818. The second-order valence-electron chi connectivity index (χ2n) is 4.11. The van der Waals surface area contributed by atoms with Gasteiger partial charge in [0.2, 0.25) is 0 Å². The summed E-state index contributed by atoms with van der Waals surface area (Å²) in [4.78, 5) is 26.7. The summed E-state index contributed by atoms with van der Waals surface area (Å²) in [5.74, 6) is -0.371. The van der Waals surface area contributed by atoms with Gasteiger partial charge in [-0.05, 0) is 19.8 Å². The number of rotatable bonds is 2. The Morgan fingerprint density at radius 1 is 1.50 bits per heavy atom. The first-order chi connectivity index (χ1) is 7.60. The minimum absolute atomic E-state index is 0.00361. The first-order valence-corrected chi connectivity index (χ1v) is 5.68. The SMILES string of the molecule is CCN(C)C(=O)N1CCCC(C(=O)OC)C1. The molecule has 1 heterocycles. The number of urea groups is 1. The Bertz CT molecular complexity index is 268. The third kappa shape index (κ3) is 2.87. The average Bonchev–Trinajstić information content (AvgIpc) is 2.36. The van der Waals surface area contributed by atoms with E-state index < -0.39 is 0 Å². The van der Waals surface area contributed by atoms with Crippen LogP contribution in [0.25, 0.3) is 0 Å². The molecule has 1 atom stereocenters. The minimum atomic E-state index is -0.211. The molecule has 0 saturated carbocycles. The summed E-state index contributed by atoms with van der Waals surface area (Å²) in [5.41, 5.74) is 0. The van der Waals surface area contributed by atoms with E-state index in [4.69, 9.17) is 4.74 Å². The lowest BCUT2D eigenvalue weighted by atomic mass is 9.98. The highest BCUT2D eigenvalue weighted by atomic mass is 16.5. The summed E-state index contributed by atoms with van der Waals surface area (Å²) in [6.45, 7) is 3.82. The third-order valence-electron chi connectivity index (χ3n) is 3.03. The van der Waals surface area contributed by atoms with Crippen LogP contribution in [-0.2, 0) is 9.53 Å². The topological polar surface area (TPSA) is 49.9 Å². The van der Waals surface area contributed by atoms with Crippen LogP contribution < -0.4 is 0 Å². The molecule has 2 amide bonds. The normalized spacial score (nSPS) is 20.4. The molecule has 0 spiro atoms. The Kier molecular flexibility index (Phi) is 4.58. The molecule has 0 radical (unpaired) electrons. The maximum atomic E-state index is 11.9. The summed E-state index contributed by atoms with van der Waals surface area (Å²) in [6, 6.07) is -0.00361. The summed E-state index contributed by atoms with van der Waals surface area (Å²) in [5, 5.41) is 0. The Hall–Kier alpha value is -1.26. The molecule has 0 aliphatic carbocycles. The minimum Gasteiger partial charge on any atom is -0.469 e.